The molecule has 0 bridgehead atoms. The number of carbonyl (C=O) groups is 4. The topological polar surface area (TPSA) is 74.8 Å². The molecule has 1 heterocycles. The predicted octanol–water partition coefficient (Wildman–Crippen LogP) is -0.736. The van der Waals surface area contributed by atoms with Crippen molar-refractivity contribution >= 4 is 23.6 Å². The Hall–Kier alpha value is -1.98. The summed E-state index contributed by atoms with van der Waals surface area (Å²) in [5.74, 6) is -2.46. The van der Waals surface area contributed by atoms with E-state index < -0.39 is 30.2 Å². The summed E-state index contributed by atoms with van der Waals surface area (Å²) in [6, 6.07) is 0. The third kappa shape index (κ3) is 1.78. The van der Waals surface area contributed by atoms with Crippen LogP contribution < -0.4 is 0 Å². The van der Waals surface area contributed by atoms with Crippen molar-refractivity contribution in [1.29, 1.82) is 0 Å². The van der Waals surface area contributed by atoms with Gasteiger partial charge in [-0.3, -0.25) is 24.1 Å². The van der Waals surface area contributed by atoms with E-state index in [1.165, 1.54) is 6.92 Å². The van der Waals surface area contributed by atoms with Crippen molar-refractivity contribution < 1.29 is 19.2 Å². The minimum Gasteiger partial charge on any atom is -0.275 e. The second-order valence-corrected chi connectivity index (χ2v) is 3.11. The summed E-state index contributed by atoms with van der Waals surface area (Å²) in [5.41, 5.74) is -0.283. The van der Waals surface area contributed by atoms with Gasteiger partial charge in [-0.1, -0.05) is 6.58 Å². The maximum atomic E-state index is 11.5. The molecule has 6 nitrogen and oxygen atoms in total. The summed E-state index contributed by atoms with van der Waals surface area (Å²) < 4.78 is 0. The minimum absolute atomic E-state index is 0.283. The number of amides is 4. The Balaban J connectivity index is 3.04. The molecule has 80 valence electrons. The van der Waals surface area contributed by atoms with Gasteiger partial charge in [0, 0.05) is 13.8 Å². The maximum absolute atomic E-state index is 11.5. The fourth-order valence-electron chi connectivity index (χ4n) is 1.30. The van der Waals surface area contributed by atoms with Crippen LogP contribution in [0.25, 0.3) is 0 Å². The van der Waals surface area contributed by atoms with Crippen molar-refractivity contribution in [2.24, 2.45) is 0 Å². The van der Waals surface area contributed by atoms with Crippen LogP contribution in [-0.4, -0.2) is 40.0 Å². The zero-order chi connectivity index (χ0) is 11.7. The Bertz CT molecular complexity index is 386. The third-order valence-corrected chi connectivity index (χ3v) is 2.00. The van der Waals surface area contributed by atoms with Crippen LogP contribution in [0.5, 0.6) is 0 Å². The van der Waals surface area contributed by atoms with Crippen molar-refractivity contribution in [3.63, 3.8) is 0 Å². The highest BCUT2D eigenvalue weighted by atomic mass is 16.2. The number of nitrogens with zero attached hydrogens (tertiary/aromatic N) is 2. The van der Waals surface area contributed by atoms with Crippen LogP contribution in [0.4, 0.5) is 0 Å². The first-order valence-electron chi connectivity index (χ1n) is 4.21. The van der Waals surface area contributed by atoms with Gasteiger partial charge in [0.2, 0.25) is 11.8 Å². The second-order valence-electron chi connectivity index (χ2n) is 3.11. The number of rotatable bonds is 0. The van der Waals surface area contributed by atoms with E-state index in [4.69, 9.17) is 0 Å². The van der Waals surface area contributed by atoms with Gasteiger partial charge in [-0.15, -0.1) is 0 Å². The Morgan fingerprint density at radius 2 is 1.73 bits per heavy atom. The zero-order valence-corrected chi connectivity index (χ0v) is 8.44. The molecule has 1 rings (SSSR count). The second kappa shape index (κ2) is 3.64. The third-order valence-electron chi connectivity index (χ3n) is 2.00. The van der Waals surface area contributed by atoms with E-state index in [9.17, 15) is 19.2 Å². The minimum atomic E-state index is -0.711. The SMILES string of the molecule is C=C1C(=O)N(C(C)=O)CC(=O)N1C(C)=O. The summed E-state index contributed by atoms with van der Waals surface area (Å²) in [6.45, 7) is 5.23. The highest BCUT2D eigenvalue weighted by molar-refractivity contribution is 6.15. The lowest BCUT2D eigenvalue weighted by molar-refractivity contribution is -0.156. The number of carbonyl (C=O) groups excluding carboxylic acids is 4. The number of piperazine rings is 1. The van der Waals surface area contributed by atoms with Crippen LogP contribution in [0.1, 0.15) is 13.8 Å². The van der Waals surface area contributed by atoms with Gasteiger partial charge in [-0.25, -0.2) is 4.90 Å². The van der Waals surface area contributed by atoms with Gasteiger partial charge in [0.25, 0.3) is 11.8 Å². The van der Waals surface area contributed by atoms with Gasteiger partial charge in [0.05, 0.1) is 0 Å². The summed E-state index contributed by atoms with van der Waals surface area (Å²) >= 11 is 0. The van der Waals surface area contributed by atoms with Crippen LogP contribution >= 0.6 is 0 Å². The molecule has 6 heteroatoms. The molecule has 0 atom stereocenters. The molecule has 4 amide bonds. The van der Waals surface area contributed by atoms with Crippen molar-refractivity contribution in [2.45, 2.75) is 13.8 Å². The van der Waals surface area contributed by atoms with Gasteiger partial charge in [-0.05, 0) is 0 Å². The van der Waals surface area contributed by atoms with Gasteiger partial charge in [-0.2, -0.15) is 0 Å². The molecule has 1 aliphatic heterocycles. The van der Waals surface area contributed by atoms with Crippen LogP contribution in [0.15, 0.2) is 12.3 Å². The van der Waals surface area contributed by atoms with E-state index in [0.29, 0.717) is 4.90 Å². The highest BCUT2D eigenvalue weighted by Gasteiger charge is 2.37. The molecule has 0 radical (unpaired) electrons. The average molecular weight is 210 g/mol. The summed E-state index contributed by atoms with van der Waals surface area (Å²) in [5, 5.41) is 0. The van der Waals surface area contributed by atoms with Gasteiger partial charge in [0.15, 0.2) is 0 Å². The van der Waals surface area contributed by atoms with Crippen molar-refractivity contribution in [3.8, 4) is 0 Å². The van der Waals surface area contributed by atoms with Crippen molar-refractivity contribution in [2.75, 3.05) is 6.54 Å². The molecule has 0 saturated carbocycles. The first-order valence-corrected chi connectivity index (χ1v) is 4.21. The summed E-state index contributed by atoms with van der Waals surface area (Å²) in [7, 11) is 0. The molecule has 0 N–H and O–H groups in total. The lowest BCUT2D eigenvalue weighted by atomic mass is 10.2. The molecule has 0 unspecified atom stereocenters. The lowest BCUT2D eigenvalue weighted by Crippen LogP contribution is -2.54. The molecule has 0 aromatic heterocycles. The smallest absolute Gasteiger partial charge is 0.275 e. The van der Waals surface area contributed by atoms with Gasteiger partial charge < -0.3 is 0 Å². The van der Waals surface area contributed by atoms with Gasteiger partial charge in [0.1, 0.15) is 12.2 Å². The van der Waals surface area contributed by atoms with Gasteiger partial charge >= 0.3 is 0 Å². The van der Waals surface area contributed by atoms with E-state index in [0.717, 1.165) is 11.8 Å². The van der Waals surface area contributed by atoms with Crippen LogP contribution in [0, 0.1) is 0 Å². The van der Waals surface area contributed by atoms with Crippen molar-refractivity contribution in [3.05, 3.63) is 12.3 Å². The Morgan fingerprint density at radius 1 is 1.20 bits per heavy atom. The Morgan fingerprint density at radius 3 is 2.13 bits per heavy atom. The van der Waals surface area contributed by atoms with Crippen LogP contribution in [-0.2, 0) is 19.2 Å². The molecular formula is C9H10N2O4. The number of hydrogen-bond acceptors (Lipinski definition) is 4. The maximum Gasteiger partial charge on any atom is 0.277 e. The summed E-state index contributed by atoms with van der Waals surface area (Å²) in [4.78, 5) is 46.3. The van der Waals surface area contributed by atoms with Crippen LogP contribution in [0.3, 0.4) is 0 Å². The summed E-state index contributed by atoms with van der Waals surface area (Å²) in [6.07, 6.45) is 0. The zero-order valence-electron chi connectivity index (χ0n) is 8.44. The molecule has 0 aromatic carbocycles. The highest BCUT2D eigenvalue weighted by Crippen LogP contribution is 2.14. The monoisotopic (exact) mass is 210 g/mol. The molecular weight excluding hydrogens is 200 g/mol. The molecule has 1 aliphatic rings. The van der Waals surface area contributed by atoms with E-state index in [-0.39, 0.29) is 5.70 Å². The normalized spacial score (nSPS) is 17.1. The molecule has 0 aromatic rings. The average Bonchev–Trinajstić information content (AvgIpc) is 2.10. The first-order chi connectivity index (χ1) is 6.86. The van der Waals surface area contributed by atoms with E-state index in [2.05, 4.69) is 6.58 Å². The van der Waals surface area contributed by atoms with E-state index in [1.54, 1.807) is 0 Å². The fraction of sp³-hybridized carbons (Fsp3) is 0.333. The number of imide groups is 2. The quantitative estimate of drug-likeness (QED) is 0.494. The molecule has 0 aliphatic carbocycles. The van der Waals surface area contributed by atoms with Crippen LogP contribution in [0.2, 0.25) is 0 Å². The lowest BCUT2D eigenvalue weighted by Gasteiger charge is -2.31. The van der Waals surface area contributed by atoms with E-state index >= 15 is 0 Å². The predicted molar refractivity (Wildman–Crippen MR) is 49.1 cm³/mol. The molecule has 1 fully saturated rings. The Labute approximate surface area is 86.1 Å². The Kier molecular flexibility index (Phi) is 2.69. The first kappa shape index (κ1) is 11.1. The fourth-order valence-corrected chi connectivity index (χ4v) is 1.30. The molecule has 15 heavy (non-hydrogen) atoms. The standard InChI is InChI=1S/C9H10N2O4/c1-5-9(15)10(6(2)12)4-8(14)11(5)7(3)13/h1,4H2,2-3H3. The van der Waals surface area contributed by atoms with Crippen molar-refractivity contribution in [1.82, 2.24) is 9.80 Å². The van der Waals surface area contributed by atoms with E-state index in [1.807, 2.05) is 0 Å². The molecule has 1 saturated heterocycles. The molecule has 0 spiro atoms. The largest absolute Gasteiger partial charge is 0.277 e. The number of hydrogen-bond donors (Lipinski definition) is 0.